The van der Waals surface area contributed by atoms with Gasteiger partial charge in [-0.05, 0) is 98.6 Å². The van der Waals surface area contributed by atoms with Crippen LogP contribution in [0.1, 0.15) is 101 Å². The highest BCUT2D eigenvalue weighted by atomic mass is 16.4. The van der Waals surface area contributed by atoms with Gasteiger partial charge in [0, 0.05) is 46.9 Å². The quantitative estimate of drug-likeness (QED) is 0.102. The molecule has 0 unspecified atom stereocenters. The second kappa shape index (κ2) is 14.5. The lowest BCUT2D eigenvalue weighted by Crippen LogP contribution is -2.32. The summed E-state index contributed by atoms with van der Waals surface area (Å²) < 4.78 is 0. The molecule has 3 aromatic heterocycles. The van der Waals surface area contributed by atoms with Crippen LogP contribution in [-0.2, 0) is 20.8 Å². The van der Waals surface area contributed by atoms with E-state index in [-0.39, 0.29) is 44.1 Å². The topological polar surface area (TPSA) is 212 Å². The number of aliphatic carboxylic acids is 3. The van der Waals surface area contributed by atoms with Gasteiger partial charge in [-0.3, -0.25) is 19.2 Å². The van der Waals surface area contributed by atoms with Gasteiger partial charge in [0.2, 0.25) is 0 Å². The summed E-state index contributed by atoms with van der Waals surface area (Å²) in [5, 5.41) is 28.4. The smallest absolute Gasteiger partial charge is 0.303 e. The number of aromatic nitrogens is 4. The number of carbonyl (C=O) groups excluding carboxylic acids is 1. The first-order chi connectivity index (χ1) is 24.2. The number of nitrogens with two attached hydrogens (primary N) is 1. The van der Waals surface area contributed by atoms with Crippen molar-refractivity contribution in [1.82, 2.24) is 19.9 Å². The number of aromatic amines is 2. The standard InChI is InChI=1S/C39H41N5O7/c1-7-22-21(6)37-36(39(51)26(40)11-14-35(49)50)38-23(8-2)18(3)29(43-38)15-27-19(4)24(9-12-33(45)46)31(41-27)17-32-25(10-13-34(47)48)20(5)28(42-32)16-30(22)44-37/h7-8,15-17,26,42-43H,1-2,9-14,40H2,3-6H3,(H,45,46)(H,47,48)(H,49,50)/t26-/m0/s1. The number of nitrogens with zero attached hydrogens (tertiary/aromatic N) is 2. The molecule has 264 valence electrons. The maximum absolute atomic E-state index is 14.3. The molecule has 0 aromatic carbocycles. The normalized spacial score (nSPS) is 13.4. The molecule has 3 aromatic rings. The van der Waals surface area contributed by atoms with Gasteiger partial charge >= 0.3 is 17.9 Å². The van der Waals surface area contributed by atoms with Crippen molar-refractivity contribution < 1.29 is 34.5 Å². The Kier molecular flexibility index (Phi) is 10.4. The first kappa shape index (κ1) is 36.4. The molecule has 5 rings (SSSR count). The van der Waals surface area contributed by atoms with Crippen molar-refractivity contribution in [2.45, 2.75) is 72.3 Å². The zero-order valence-electron chi connectivity index (χ0n) is 29.1. The fourth-order valence-corrected chi connectivity index (χ4v) is 6.72. The monoisotopic (exact) mass is 691 g/mol. The number of ketones is 1. The summed E-state index contributed by atoms with van der Waals surface area (Å²) in [6.07, 6.45) is 3.09. The van der Waals surface area contributed by atoms with Crippen LogP contribution < -0.4 is 5.73 Å². The van der Waals surface area contributed by atoms with Crippen molar-refractivity contribution in [3.8, 4) is 0 Å². The SMILES string of the molecule is C=CC1=C(C)c2nc1cc1[nH]c(cc3nc(cc4[nH]c(c(C=C)c4C)c2C(=O)[C@@H](N)CCC(=O)O)C(C)=C3CCC(=O)O)c(CCC(=O)O)c1C. The first-order valence-corrected chi connectivity index (χ1v) is 16.6. The number of nitrogens with one attached hydrogen (secondary N) is 2. The van der Waals surface area contributed by atoms with Gasteiger partial charge in [0.15, 0.2) is 5.78 Å². The number of carboxylic acid groups (broad SMARTS) is 3. The lowest BCUT2D eigenvalue weighted by molar-refractivity contribution is -0.138. The summed E-state index contributed by atoms with van der Waals surface area (Å²) in [5.41, 5.74) is 16.6. The van der Waals surface area contributed by atoms with Gasteiger partial charge in [-0.1, -0.05) is 25.3 Å². The third kappa shape index (κ3) is 7.08. The second-order valence-electron chi connectivity index (χ2n) is 12.8. The Hall–Kier alpha value is -5.88. The van der Waals surface area contributed by atoms with E-state index in [1.54, 1.807) is 12.2 Å². The van der Waals surface area contributed by atoms with E-state index in [1.807, 2.05) is 45.9 Å². The van der Waals surface area contributed by atoms with Gasteiger partial charge in [-0.15, -0.1) is 0 Å². The molecule has 0 fully saturated rings. The van der Waals surface area contributed by atoms with Crippen LogP contribution in [0.15, 0.2) is 37.4 Å². The van der Waals surface area contributed by atoms with E-state index in [2.05, 4.69) is 23.1 Å². The minimum absolute atomic E-state index is 0.0919. The van der Waals surface area contributed by atoms with Gasteiger partial charge in [0.1, 0.15) is 0 Å². The molecule has 2 aliphatic rings. The molecule has 51 heavy (non-hydrogen) atoms. The molecule has 0 amide bonds. The van der Waals surface area contributed by atoms with Crippen LogP contribution in [0.5, 0.6) is 0 Å². The van der Waals surface area contributed by atoms with Gasteiger partial charge in [0.25, 0.3) is 0 Å². The molecule has 12 nitrogen and oxygen atoms in total. The van der Waals surface area contributed by atoms with Crippen molar-refractivity contribution in [2.24, 2.45) is 5.73 Å². The third-order valence-electron chi connectivity index (χ3n) is 9.61. The van der Waals surface area contributed by atoms with Crippen molar-refractivity contribution in [3.05, 3.63) is 88.0 Å². The first-order valence-electron chi connectivity index (χ1n) is 16.6. The Morgan fingerprint density at radius 2 is 1.37 bits per heavy atom. The molecular weight excluding hydrogens is 650 g/mol. The van der Waals surface area contributed by atoms with Crippen molar-refractivity contribution >= 4 is 74.1 Å². The number of hydrogen-bond donors (Lipinski definition) is 6. The van der Waals surface area contributed by atoms with E-state index in [0.717, 1.165) is 27.8 Å². The predicted molar refractivity (Wildman–Crippen MR) is 198 cm³/mol. The van der Waals surface area contributed by atoms with Crippen molar-refractivity contribution in [3.63, 3.8) is 0 Å². The van der Waals surface area contributed by atoms with Crippen LogP contribution in [-0.4, -0.2) is 65.0 Å². The Morgan fingerprint density at radius 1 is 0.765 bits per heavy atom. The number of carbonyl (C=O) groups is 4. The zero-order valence-corrected chi connectivity index (χ0v) is 29.1. The zero-order chi connectivity index (χ0) is 37.3. The van der Waals surface area contributed by atoms with E-state index in [4.69, 9.17) is 15.7 Å². The minimum Gasteiger partial charge on any atom is -0.481 e. The number of H-pyrrole nitrogens is 2. The highest BCUT2D eigenvalue weighted by Crippen LogP contribution is 2.38. The number of carboxylic acids is 3. The summed E-state index contributed by atoms with van der Waals surface area (Å²) in [4.78, 5) is 65.8. The maximum Gasteiger partial charge on any atom is 0.303 e. The molecule has 0 spiro atoms. The van der Waals surface area contributed by atoms with Gasteiger partial charge in [-0.2, -0.15) is 0 Å². The Morgan fingerprint density at radius 3 is 2.00 bits per heavy atom. The number of fused-ring (bicyclic) bond motifs is 8. The molecule has 8 bridgehead atoms. The summed E-state index contributed by atoms with van der Waals surface area (Å²) in [5.74, 6) is -3.48. The maximum atomic E-state index is 14.3. The van der Waals surface area contributed by atoms with Crippen LogP contribution >= 0.6 is 0 Å². The second-order valence-corrected chi connectivity index (χ2v) is 12.8. The fraction of sp³-hybridized carbons (Fsp3) is 0.282. The molecule has 2 aliphatic heterocycles. The Labute approximate surface area is 294 Å². The number of hydrogen-bond acceptors (Lipinski definition) is 7. The van der Waals surface area contributed by atoms with E-state index >= 15 is 0 Å². The summed E-state index contributed by atoms with van der Waals surface area (Å²) in [6, 6.07) is 4.34. The molecule has 0 aliphatic carbocycles. The largest absolute Gasteiger partial charge is 0.481 e. The summed E-state index contributed by atoms with van der Waals surface area (Å²) >= 11 is 0. The predicted octanol–water partition coefficient (Wildman–Crippen LogP) is 6.88. The van der Waals surface area contributed by atoms with E-state index in [9.17, 15) is 34.5 Å². The molecular formula is C39H41N5O7. The highest BCUT2D eigenvalue weighted by Gasteiger charge is 2.28. The average molecular weight is 692 g/mol. The van der Waals surface area contributed by atoms with Crippen LogP contribution in [0.2, 0.25) is 0 Å². The summed E-state index contributed by atoms with van der Waals surface area (Å²) in [7, 11) is 0. The van der Waals surface area contributed by atoms with Crippen LogP contribution in [0.4, 0.5) is 0 Å². The highest BCUT2D eigenvalue weighted by molar-refractivity contribution is 6.13. The Bertz CT molecular complexity index is 2270. The summed E-state index contributed by atoms with van der Waals surface area (Å²) in [6.45, 7) is 15.5. The number of Topliss-reactive ketones (excluding diaryl/α,β-unsaturated/α-hetero) is 1. The number of aryl methyl sites for hydroxylation is 3. The number of rotatable bonds is 13. The van der Waals surface area contributed by atoms with Gasteiger partial charge in [-0.25, -0.2) is 9.97 Å². The lowest BCUT2D eigenvalue weighted by atomic mass is 9.94. The van der Waals surface area contributed by atoms with Crippen LogP contribution in [0.3, 0.4) is 0 Å². The molecule has 0 saturated heterocycles. The van der Waals surface area contributed by atoms with Gasteiger partial charge in [0.05, 0.1) is 39.9 Å². The molecule has 1 atom stereocenters. The lowest BCUT2D eigenvalue weighted by Gasteiger charge is -2.12. The minimum atomic E-state index is -1.15. The van der Waals surface area contributed by atoms with E-state index in [1.165, 1.54) is 0 Å². The number of allylic oxidation sites excluding steroid dienone is 5. The van der Waals surface area contributed by atoms with E-state index in [0.29, 0.717) is 61.6 Å². The molecule has 12 heteroatoms. The van der Waals surface area contributed by atoms with Crippen LogP contribution in [0.25, 0.3) is 50.4 Å². The third-order valence-corrected chi connectivity index (χ3v) is 9.61. The molecule has 0 saturated carbocycles. The van der Waals surface area contributed by atoms with Crippen molar-refractivity contribution in [2.75, 3.05) is 0 Å². The fourth-order valence-electron chi connectivity index (χ4n) is 6.72. The Balaban J connectivity index is 2.00. The van der Waals surface area contributed by atoms with Gasteiger partial charge < -0.3 is 31.0 Å². The van der Waals surface area contributed by atoms with Crippen LogP contribution in [0, 0.1) is 13.8 Å². The molecule has 5 heterocycles. The molecule has 0 radical (unpaired) electrons. The van der Waals surface area contributed by atoms with E-state index < -0.39 is 29.7 Å². The van der Waals surface area contributed by atoms with Crippen molar-refractivity contribution in [1.29, 1.82) is 0 Å². The molecule has 7 N–H and O–H groups in total. The average Bonchev–Trinajstić information content (AvgIpc) is 3.74.